The molecule has 1 saturated heterocycles. The Morgan fingerprint density at radius 3 is 2.52 bits per heavy atom. The summed E-state index contributed by atoms with van der Waals surface area (Å²) in [5.41, 5.74) is 1.57. The highest BCUT2D eigenvalue weighted by molar-refractivity contribution is 5.80. The quantitative estimate of drug-likeness (QED) is 0.783. The smallest absolute Gasteiger partial charge is 0.220 e. The van der Waals surface area contributed by atoms with Crippen molar-refractivity contribution in [1.29, 1.82) is 0 Å². The first-order chi connectivity index (χ1) is 13.0. The highest BCUT2D eigenvalue weighted by Crippen LogP contribution is 2.29. The molecule has 0 saturated carbocycles. The van der Waals surface area contributed by atoms with Crippen LogP contribution in [0.3, 0.4) is 0 Å². The van der Waals surface area contributed by atoms with E-state index in [0.717, 1.165) is 11.1 Å². The molecule has 2 aromatic rings. The van der Waals surface area contributed by atoms with Gasteiger partial charge in [-0.15, -0.1) is 0 Å². The minimum atomic E-state index is -0.442. The molecule has 0 aromatic heterocycles. The maximum atomic E-state index is 13.2. The zero-order valence-electron chi connectivity index (χ0n) is 15.5. The third-order valence-corrected chi connectivity index (χ3v) is 5.20. The Morgan fingerprint density at radius 1 is 1.19 bits per heavy atom. The summed E-state index contributed by atoms with van der Waals surface area (Å²) in [5, 5.41) is 6.08. The molecule has 2 amide bonds. The number of halogens is 1. The zero-order chi connectivity index (χ0) is 19.3. The van der Waals surface area contributed by atoms with Gasteiger partial charge in [0.05, 0.1) is 6.04 Å². The van der Waals surface area contributed by atoms with Gasteiger partial charge in [-0.1, -0.05) is 42.5 Å². The fourth-order valence-corrected chi connectivity index (χ4v) is 3.67. The van der Waals surface area contributed by atoms with E-state index in [0.29, 0.717) is 32.1 Å². The van der Waals surface area contributed by atoms with Gasteiger partial charge in [0.1, 0.15) is 5.82 Å². The molecule has 2 aromatic carbocycles. The SMILES string of the molecule is C[C@H](NC(=O)CCC1(Cc2ccc(F)cc2)CCC(=O)N1)c1ccccc1. The summed E-state index contributed by atoms with van der Waals surface area (Å²) in [7, 11) is 0. The van der Waals surface area contributed by atoms with E-state index in [9.17, 15) is 14.0 Å². The number of amides is 2. The van der Waals surface area contributed by atoms with Gasteiger partial charge in [0.2, 0.25) is 11.8 Å². The standard InChI is InChI=1S/C22H25FN2O2/c1-16(18-5-3-2-4-6-18)24-20(26)11-13-22(14-12-21(27)25-22)15-17-7-9-19(23)10-8-17/h2-10,16H,11-15H2,1H3,(H,24,26)(H,25,27)/t16-,22?/m0/s1. The van der Waals surface area contributed by atoms with Gasteiger partial charge in [0.15, 0.2) is 0 Å². The Balaban J connectivity index is 1.60. The van der Waals surface area contributed by atoms with E-state index < -0.39 is 5.54 Å². The van der Waals surface area contributed by atoms with E-state index >= 15 is 0 Å². The number of hydrogen-bond donors (Lipinski definition) is 2. The van der Waals surface area contributed by atoms with Gasteiger partial charge >= 0.3 is 0 Å². The summed E-state index contributed by atoms with van der Waals surface area (Å²) >= 11 is 0. The third-order valence-electron chi connectivity index (χ3n) is 5.20. The summed E-state index contributed by atoms with van der Waals surface area (Å²) in [6.45, 7) is 1.96. The molecule has 1 aliphatic rings. The summed E-state index contributed by atoms with van der Waals surface area (Å²) in [4.78, 5) is 24.3. The molecule has 0 aliphatic carbocycles. The molecule has 1 fully saturated rings. The van der Waals surface area contributed by atoms with Crippen molar-refractivity contribution in [3.63, 3.8) is 0 Å². The normalized spacial score (nSPS) is 20.1. The average Bonchev–Trinajstić information content (AvgIpc) is 3.04. The molecule has 142 valence electrons. The molecule has 1 aliphatic heterocycles. The van der Waals surface area contributed by atoms with Gasteiger partial charge < -0.3 is 10.6 Å². The number of carbonyl (C=O) groups is 2. The third kappa shape index (κ3) is 5.16. The second kappa shape index (κ2) is 8.33. The van der Waals surface area contributed by atoms with Crippen molar-refractivity contribution in [2.24, 2.45) is 0 Å². The maximum absolute atomic E-state index is 13.2. The molecule has 5 heteroatoms. The van der Waals surface area contributed by atoms with Gasteiger partial charge in [-0.3, -0.25) is 9.59 Å². The van der Waals surface area contributed by atoms with Crippen LogP contribution in [0.15, 0.2) is 54.6 Å². The van der Waals surface area contributed by atoms with E-state index in [1.807, 2.05) is 37.3 Å². The van der Waals surface area contributed by atoms with Crippen molar-refractivity contribution in [2.45, 2.75) is 50.6 Å². The Morgan fingerprint density at radius 2 is 1.89 bits per heavy atom. The molecule has 2 N–H and O–H groups in total. The lowest BCUT2D eigenvalue weighted by molar-refractivity contribution is -0.123. The first-order valence-corrected chi connectivity index (χ1v) is 9.36. The Kier molecular flexibility index (Phi) is 5.89. The molecular formula is C22H25FN2O2. The first kappa shape index (κ1) is 19.1. The molecule has 0 bridgehead atoms. The summed E-state index contributed by atoms with van der Waals surface area (Å²) < 4.78 is 13.2. The molecule has 0 radical (unpaired) electrons. The van der Waals surface area contributed by atoms with Crippen molar-refractivity contribution in [1.82, 2.24) is 10.6 Å². The summed E-state index contributed by atoms with van der Waals surface area (Å²) in [6.07, 6.45) is 2.64. The molecule has 3 rings (SSSR count). The van der Waals surface area contributed by atoms with E-state index in [4.69, 9.17) is 0 Å². The molecule has 2 atom stereocenters. The topological polar surface area (TPSA) is 58.2 Å². The molecule has 1 unspecified atom stereocenters. The molecule has 27 heavy (non-hydrogen) atoms. The van der Waals surface area contributed by atoms with Crippen LogP contribution < -0.4 is 10.6 Å². The number of carbonyl (C=O) groups excluding carboxylic acids is 2. The van der Waals surface area contributed by atoms with Gasteiger partial charge in [-0.25, -0.2) is 4.39 Å². The van der Waals surface area contributed by atoms with Crippen LogP contribution in [-0.2, 0) is 16.0 Å². The highest BCUT2D eigenvalue weighted by Gasteiger charge is 2.37. The highest BCUT2D eigenvalue weighted by atomic mass is 19.1. The minimum Gasteiger partial charge on any atom is -0.350 e. The lowest BCUT2D eigenvalue weighted by Crippen LogP contribution is -2.44. The Labute approximate surface area is 159 Å². The van der Waals surface area contributed by atoms with Crippen molar-refractivity contribution in [2.75, 3.05) is 0 Å². The summed E-state index contributed by atoms with van der Waals surface area (Å²) in [6, 6.07) is 16.1. The van der Waals surface area contributed by atoms with Crippen LogP contribution in [-0.4, -0.2) is 17.4 Å². The van der Waals surface area contributed by atoms with Crippen LogP contribution in [0, 0.1) is 5.82 Å². The number of benzene rings is 2. The number of hydrogen-bond acceptors (Lipinski definition) is 2. The van der Waals surface area contributed by atoms with Crippen molar-refractivity contribution >= 4 is 11.8 Å². The molecule has 1 heterocycles. The van der Waals surface area contributed by atoms with Crippen LogP contribution in [0.4, 0.5) is 4.39 Å². The van der Waals surface area contributed by atoms with Gasteiger partial charge in [-0.05, 0) is 49.4 Å². The van der Waals surface area contributed by atoms with Crippen LogP contribution in [0.25, 0.3) is 0 Å². The van der Waals surface area contributed by atoms with E-state index in [-0.39, 0.29) is 23.7 Å². The molecule has 4 nitrogen and oxygen atoms in total. The van der Waals surface area contributed by atoms with Crippen LogP contribution in [0.5, 0.6) is 0 Å². The van der Waals surface area contributed by atoms with Crippen LogP contribution in [0.2, 0.25) is 0 Å². The van der Waals surface area contributed by atoms with E-state index in [1.54, 1.807) is 12.1 Å². The van der Waals surface area contributed by atoms with Crippen molar-refractivity contribution in [3.05, 3.63) is 71.5 Å². The second-order valence-corrected chi connectivity index (χ2v) is 7.33. The second-order valence-electron chi connectivity index (χ2n) is 7.33. The average molecular weight is 368 g/mol. The van der Waals surface area contributed by atoms with Gasteiger partial charge in [0, 0.05) is 18.4 Å². The Hall–Kier alpha value is -2.69. The van der Waals surface area contributed by atoms with Crippen LogP contribution in [0.1, 0.15) is 49.8 Å². The van der Waals surface area contributed by atoms with E-state index in [2.05, 4.69) is 10.6 Å². The largest absolute Gasteiger partial charge is 0.350 e. The molecule has 0 spiro atoms. The monoisotopic (exact) mass is 368 g/mol. The van der Waals surface area contributed by atoms with Crippen LogP contribution >= 0.6 is 0 Å². The minimum absolute atomic E-state index is 0.00942. The number of nitrogens with one attached hydrogen (secondary N) is 2. The lowest BCUT2D eigenvalue weighted by Gasteiger charge is -2.29. The lowest BCUT2D eigenvalue weighted by atomic mass is 9.85. The molecular weight excluding hydrogens is 343 g/mol. The predicted octanol–water partition coefficient (Wildman–Crippen LogP) is 3.67. The van der Waals surface area contributed by atoms with E-state index in [1.165, 1.54) is 12.1 Å². The van der Waals surface area contributed by atoms with Gasteiger partial charge in [-0.2, -0.15) is 0 Å². The summed E-state index contributed by atoms with van der Waals surface area (Å²) in [5.74, 6) is -0.307. The fourth-order valence-electron chi connectivity index (χ4n) is 3.67. The maximum Gasteiger partial charge on any atom is 0.220 e. The first-order valence-electron chi connectivity index (χ1n) is 9.36. The Bertz CT molecular complexity index is 792. The predicted molar refractivity (Wildman–Crippen MR) is 102 cm³/mol. The fraction of sp³-hybridized carbons (Fsp3) is 0.364. The van der Waals surface area contributed by atoms with Gasteiger partial charge in [0.25, 0.3) is 0 Å². The zero-order valence-corrected chi connectivity index (χ0v) is 15.5. The number of rotatable bonds is 7. The van der Waals surface area contributed by atoms with Crippen molar-refractivity contribution < 1.29 is 14.0 Å². The van der Waals surface area contributed by atoms with Crippen molar-refractivity contribution in [3.8, 4) is 0 Å².